The molecular formula is C27H28N4O4. The number of hydrogen-bond donors (Lipinski definition) is 3. The van der Waals surface area contributed by atoms with Crippen LogP contribution in [0.5, 0.6) is 0 Å². The van der Waals surface area contributed by atoms with E-state index < -0.39 is 35.8 Å². The summed E-state index contributed by atoms with van der Waals surface area (Å²) in [6.07, 6.45) is 0. The van der Waals surface area contributed by atoms with Crippen LogP contribution in [0.25, 0.3) is 10.8 Å². The first-order valence-corrected chi connectivity index (χ1v) is 11.4. The van der Waals surface area contributed by atoms with Gasteiger partial charge in [0.1, 0.15) is 12.1 Å². The Morgan fingerprint density at radius 1 is 0.943 bits per heavy atom. The first kappa shape index (κ1) is 23.9. The molecule has 1 fully saturated rings. The number of carbonyl (C=O) groups is 4. The molecule has 0 saturated carbocycles. The van der Waals surface area contributed by atoms with E-state index in [2.05, 4.69) is 16.0 Å². The summed E-state index contributed by atoms with van der Waals surface area (Å²) >= 11 is 0. The van der Waals surface area contributed by atoms with Gasteiger partial charge in [-0.1, -0.05) is 60.2 Å². The van der Waals surface area contributed by atoms with E-state index in [1.807, 2.05) is 69.3 Å². The number of imide groups is 1. The zero-order valence-corrected chi connectivity index (χ0v) is 20.2. The van der Waals surface area contributed by atoms with Gasteiger partial charge in [0.2, 0.25) is 11.8 Å². The van der Waals surface area contributed by atoms with Crippen LogP contribution in [0.3, 0.4) is 0 Å². The number of hydrogen-bond acceptors (Lipinski definition) is 4. The van der Waals surface area contributed by atoms with Gasteiger partial charge in [0.05, 0.1) is 6.54 Å². The van der Waals surface area contributed by atoms with Crippen molar-refractivity contribution in [1.82, 2.24) is 15.5 Å². The summed E-state index contributed by atoms with van der Waals surface area (Å²) in [5.74, 6) is -1.53. The van der Waals surface area contributed by atoms with Gasteiger partial charge in [-0.2, -0.15) is 0 Å². The Labute approximate surface area is 203 Å². The third-order valence-electron chi connectivity index (χ3n) is 6.29. The molecule has 0 aliphatic carbocycles. The van der Waals surface area contributed by atoms with Gasteiger partial charge >= 0.3 is 6.03 Å². The van der Waals surface area contributed by atoms with Crippen molar-refractivity contribution >= 4 is 40.2 Å². The molecule has 1 aliphatic rings. The number of carbonyl (C=O) groups excluding carboxylic acids is 4. The number of benzene rings is 3. The van der Waals surface area contributed by atoms with E-state index >= 15 is 0 Å². The van der Waals surface area contributed by atoms with Crippen LogP contribution >= 0.6 is 0 Å². The molecule has 1 heterocycles. The first-order chi connectivity index (χ1) is 16.6. The van der Waals surface area contributed by atoms with Gasteiger partial charge in [0, 0.05) is 5.69 Å². The second-order valence-electron chi connectivity index (χ2n) is 9.07. The molecular weight excluding hydrogens is 444 g/mol. The summed E-state index contributed by atoms with van der Waals surface area (Å²) in [6.45, 7) is 6.65. The van der Waals surface area contributed by atoms with Crippen molar-refractivity contribution in [3.05, 3.63) is 76.9 Å². The summed E-state index contributed by atoms with van der Waals surface area (Å²) in [5.41, 5.74) is 2.99. The zero-order valence-electron chi connectivity index (χ0n) is 20.2. The Hall–Kier alpha value is -4.20. The van der Waals surface area contributed by atoms with Crippen LogP contribution in [0.15, 0.2) is 54.6 Å². The molecule has 1 atom stereocenters. The summed E-state index contributed by atoms with van der Waals surface area (Å²) < 4.78 is 0. The molecule has 180 valence electrons. The number of fused-ring (bicyclic) bond motifs is 1. The Kier molecular flexibility index (Phi) is 6.30. The SMILES string of the molecule is Cc1cc(C)c(NC(=O)CNC(=O)CN2C(=O)N[C@](C)(c3cccc4ccccc34)C2=O)c(C)c1. The second-order valence-corrected chi connectivity index (χ2v) is 9.07. The maximum absolute atomic E-state index is 13.3. The average molecular weight is 473 g/mol. The quantitative estimate of drug-likeness (QED) is 0.479. The van der Waals surface area contributed by atoms with Gasteiger partial charge in [0.15, 0.2) is 0 Å². The number of nitrogens with one attached hydrogen (secondary N) is 3. The van der Waals surface area contributed by atoms with E-state index in [0.29, 0.717) is 11.3 Å². The number of nitrogens with zero attached hydrogens (tertiary/aromatic N) is 1. The Morgan fingerprint density at radius 2 is 1.60 bits per heavy atom. The number of rotatable bonds is 6. The molecule has 3 aromatic rings. The molecule has 5 amide bonds. The fourth-order valence-electron chi connectivity index (χ4n) is 4.62. The second kappa shape index (κ2) is 9.21. The molecule has 8 heteroatoms. The number of anilines is 1. The Bertz CT molecular complexity index is 1340. The fourth-order valence-corrected chi connectivity index (χ4v) is 4.62. The van der Waals surface area contributed by atoms with E-state index in [-0.39, 0.29) is 6.54 Å². The fraction of sp³-hybridized carbons (Fsp3) is 0.259. The maximum atomic E-state index is 13.3. The van der Waals surface area contributed by atoms with Crippen molar-refractivity contribution in [2.24, 2.45) is 0 Å². The predicted molar refractivity (Wildman–Crippen MR) is 134 cm³/mol. The van der Waals surface area contributed by atoms with Crippen molar-refractivity contribution < 1.29 is 19.2 Å². The predicted octanol–water partition coefficient (Wildman–Crippen LogP) is 3.29. The van der Waals surface area contributed by atoms with Crippen molar-refractivity contribution in [2.75, 3.05) is 18.4 Å². The molecule has 0 bridgehead atoms. The highest BCUT2D eigenvalue weighted by atomic mass is 16.2. The molecule has 1 aliphatic heterocycles. The summed E-state index contributed by atoms with van der Waals surface area (Å²) in [7, 11) is 0. The minimum Gasteiger partial charge on any atom is -0.345 e. The summed E-state index contributed by atoms with van der Waals surface area (Å²) in [6, 6.07) is 16.4. The third-order valence-corrected chi connectivity index (χ3v) is 6.29. The normalized spacial score (nSPS) is 17.4. The molecule has 1 saturated heterocycles. The Balaban J connectivity index is 1.41. The number of urea groups is 1. The van der Waals surface area contributed by atoms with Gasteiger partial charge < -0.3 is 16.0 Å². The summed E-state index contributed by atoms with van der Waals surface area (Å²) in [4.78, 5) is 51.7. The van der Waals surface area contributed by atoms with Crippen LogP contribution in [-0.4, -0.2) is 41.7 Å². The van der Waals surface area contributed by atoms with Gasteiger partial charge in [-0.3, -0.25) is 19.3 Å². The average Bonchev–Trinajstić information content (AvgIpc) is 3.03. The molecule has 0 unspecified atom stereocenters. The molecule has 4 rings (SSSR count). The smallest absolute Gasteiger partial charge is 0.325 e. The van der Waals surface area contributed by atoms with Crippen molar-refractivity contribution in [1.29, 1.82) is 0 Å². The molecule has 0 radical (unpaired) electrons. The molecule has 0 spiro atoms. The zero-order chi connectivity index (χ0) is 25.3. The molecule has 3 N–H and O–H groups in total. The Morgan fingerprint density at radius 3 is 2.31 bits per heavy atom. The standard InChI is InChI=1S/C27H28N4O4/c1-16-12-17(2)24(18(3)13-16)29-22(32)14-28-23(33)15-31-25(34)27(4,30-26(31)35)21-11-7-9-19-8-5-6-10-20(19)21/h5-13H,14-15H2,1-4H3,(H,28,33)(H,29,32)(H,30,35)/t27-/m1/s1. The minimum atomic E-state index is -1.31. The van der Waals surface area contributed by atoms with E-state index in [1.54, 1.807) is 13.0 Å². The third kappa shape index (κ3) is 4.59. The van der Waals surface area contributed by atoms with E-state index in [9.17, 15) is 19.2 Å². The highest BCUT2D eigenvalue weighted by Crippen LogP contribution is 2.33. The van der Waals surface area contributed by atoms with Crippen LogP contribution in [0, 0.1) is 20.8 Å². The largest absolute Gasteiger partial charge is 0.345 e. The minimum absolute atomic E-state index is 0.282. The van der Waals surface area contributed by atoms with Gasteiger partial charge in [-0.25, -0.2) is 4.79 Å². The summed E-state index contributed by atoms with van der Waals surface area (Å²) in [5, 5.41) is 9.82. The van der Waals surface area contributed by atoms with Gasteiger partial charge in [-0.15, -0.1) is 0 Å². The van der Waals surface area contributed by atoms with Crippen LogP contribution in [0.2, 0.25) is 0 Å². The van der Waals surface area contributed by atoms with Crippen LogP contribution < -0.4 is 16.0 Å². The van der Waals surface area contributed by atoms with E-state index in [0.717, 1.165) is 32.4 Å². The van der Waals surface area contributed by atoms with Crippen molar-refractivity contribution in [3.8, 4) is 0 Å². The van der Waals surface area contributed by atoms with Crippen LogP contribution in [0.4, 0.5) is 10.5 Å². The lowest BCUT2D eigenvalue weighted by molar-refractivity contribution is -0.134. The van der Waals surface area contributed by atoms with Gasteiger partial charge in [0.25, 0.3) is 5.91 Å². The maximum Gasteiger partial charge on any atom is 0.325 e. The van der Waals surface area contributed by atoms with Gasteiger partial charge in [-0.05, 0) is 55.2 Å². The number of aryl methyl sites for hydroxylation is 3. The highest BCUT2D eigenvalue weighted by Gasteiger charge is 2.50. The monoisotopic (exact) mass is 472 g/mol. The highest BCUT2D eigenvalue weighted by molar-refractivity contribution is 6.11. The van der Waals surface area contributed by atoms with E-state index in [1.165, 1.54) is 0 Å². The van der Waals surface area contributed by atoms with Crippen LogP contribution in [-0.2, 0) is 19.9 Å². The van der Waals surface area contributed by atoms with Crippen LogP contribution in [0.1, 0.15) is 29.2 Å². The van der Waals surface area contributed by atoms with E-state index in [4.69, 9.17) is 0 Å². The van der Waals surface area contributed by atoms with Crippen molar-refractivity contribution in [3.63, 3.8) is 0 Å². The topological polar surface area (TPSA) is 108 Å². The van der Waals surface area contributed by atoms with Crippen molar-refractivity contribution in [2.45, 2.75) is 33.2 Å². The lowest BCUT2D eigenvalue weighted by Gasteiger charge is -2.24. The molecule has 0 aromatic heterocycles. The molecule has 3 aromatic carbocycles. The lowest BCUT2D eigenvalue weighted by Crippen LogP contribution is -2.44. The molecule has 35 heavy (non-hydrogen) atoms. The molecule has 8 nitrogen and oxygen atoms in total. The number of amides is 5. The first-order valence-electron chi connectivity index (χ1n) is 11.4. The lowest BCUT2D eigenvalue weighted by atomic mass is 9.88.